The molecule has 2 bridgehead atoms. The van der Waals surface area contributed by atoms with E-state index < -0.39 is 65.7 Å². The third kappa shape index (κ3) is 16.8. The monoisotopic (exact) mass is 955 g/mol. The van der Waals surface area contributed by atoms with Gasteiger partial charge >= 0.3 is 5.97 Å². The zero-order valence-electron chi connectivity index (χ0n) is 41.2. The molecule has 5 unspecified atom stereocenters. The van der Waals surface area contributed by atoms with Crippen molar-refractivity contribution < 1.29 is 38.6 Å². The molecular weight excluding hydrogens is 873 g/mol. The van der Waals surface area contributed by atoms with Crippen LogP contribution >= 0.6 is 0 Å². The molecule has 5 amide bonds. The number of rotatable bonds is 12. The number of nitrogens with one attached hydrogen (secondary N) is 5. The summed E-state index contributed by atoms with van der Waals surface area (Å²) >= 11 is 0. The van der Waals surface area contributed by atoms with Gasteiger partial charge in [-0.2, -0.15) is 0 Å². The molecule has 8 rings (SSSR count). The van der Waals surface area contributed by atoms with Crippen LogP contribution in [0.15, 0.2) is 24.5 Å². The second-order valence-corrected chi connectivity index (χ2v) is 21.9. The SMILES string of the molecule is O=C1COC2CCC(CC2)CC(C(=O)NC(CCC2CCCCC2)C(=O)O)NC(=O)C(CCC2CCCCC2)NC(=O)C(CC2CCC(C3CCCCC3)CC2)NC(=O)C(C#Cc2ccncc2)N1. The Morgan fingerprint density at radius 2 is 1.25 bits per heavy atom. The number of carboxylic acid groups (broad SMARTS) is 1. The Balaban J connectivity index is 1.15. The molecule has 380 valence electrons. The standard InChI is InChI=1S/C55H82N6O8/c62-50-36-69-44-25-18-41(19-26-44)35-49(54(66)59-47(55(67)68)29-22-38-12-6-2-7-13-38)61-52(64)46(28-20-37-10-4-1-5-11-37)58-53(65)48(34-40-16-23-43(24-17-40)42-14-8-3-9-15-42)60-51(63)45(57-50)27-21-39-30-32-56-33-31-39/h30-33,37-38,40-49H,1-20,22-26,28-29,34-36H2,(H,57,62)(H,58,65)(H,59,66)(H,60,63)(H,61,64)(H,67,68). The number of amides is 5. The minimum atomic E-state index is -1.30. The molecule has 14 nitrogen and oxygen atoms in total. The Morgan fingerprint density at radius 3 is 1.90 bits per heavy atom. The molecule has 2 saturated heterocycles. The predicted molar refractivity (Wildman–Crippen MR) is 263 cm³/mol. The van der Waals surface area contributed by atoms with E-state index in [1.165, 1.54) is 44.9 Å². The van der Waals surface area contributed by atoms with Crippen LogP contribution in [0.4, 0.5) is 0 Å². The number of ether oxygens (including phenoxy) is 1. The van der Waals surface area contributed by atoms with Gasteiger partial charge in [-0.1, -0.05) is 121 Å². The van der Waals surface area contributed by atoms with Crippen LogP contribution < -0.4 is 26.6 Å². The van der Waals surface area contributed by atoms with Crippen LogP contribution in [0.1, 0.15) is 192 Å². The molecule has 5 aliphatic carbocycles. The summed E-state index contributed by atoms with van der Waals surface area (Å²) in [7, 11) is 0. The maximum absolute atomic E-state index is 14.9. The number of hydrogen-bond acceptors (Lipinski definition) is 8. The van der Waals surface area contributed by atoms with E-state index in [0.717, 1.165) is 83.0 Å². The van der Waals surface area contributed by atoms with Gasteiger partial charge in [-0.25, -0.2) is 4.79 Å². The van der Waals surface area contributed by atoms with Gasteiger partial charge in [0.1, 0.15) is 30.8 Å². The first kappa shape index (κ1) is 52.3. The highest BCUT2D eigenvalue weighted by Crippen LogP contribution is 2.41. The predicted octanol–water partition coefficient (Wildman–Crippen LogP) is 7.42. The van der Waals surface area contributed by atoms with Crippen LogP contribution in [0.25, 0.3) is 0 Å². The van der Waals surface area contributed by atoms with Gasteiger partial charge in [0.2, 0.25) is 23.6 Å². The van der Waals surface area contributed by atoms with Crippen molar-refractivity contribution >= 4 is 35.5 Å². The zero-order chi connectivity index (χ0) is 48.4. The molecule has 3 heterocycles. The smallest absolute Gasteiger partial charge is 0.326 e. The molecule has 69 heavy (non-hydrogen) atoms. The van der Waals surface area contributed by atoms with Gasteiger partial charge in [-0.3, -0.25) is 29.0 Å². The van der Waals surface area contributed by atoms with E-state index in [2.05, 4.69) is 43.4 Å². The van der Waals surface area contributed by atoms with Gasteiger partial charge in [0.25, 0.3) is 5.91 Å². The van der Waals surface area contributed by atoms with Crippen LogP contribution in [0.5, 0.6) is 0 Å². The lowest BCUT2D eigenvalue weighted by molar-refractivity contribution is -0.142. The number of fused-ring (bicyclic) bond motifs is 16. The van der Waals surface area contributed by atoms with Gasteiger partial charge in [-0.15, -0.1) is 0 Å². The second kappa shape index (κ2) is 27.2. The van der Waals surface area contributed by atoms with Crippen molar-refractivity contribution in [3.05, 3.63) is 30.1 Å². The third-order valence-corrected chi connectivity index (χ3v) is 16.9. The number of nitrogens with zero attached hydrogens (tertiary/aromatic N) is 1. The highest BCUT2D eigenvalue weighted by atomic mass is 16.5. The largest absolute Gasteiger partial charge is 0.480 e. The Kier molecular flexibility index (Phi) is 20.6. The van der Waals surface area contributed by atoms with E-state index in [-0.39, 0.29) is 24.5 Å². The zero-order valence-corrected chi connectivity index (χ0v) is 41.2. The first-order valence-electron chi connectivity index (χ1n) is 27.3. The first-order chi connectivity index (χ1) is 33.6. The number of pyridine rings is 1. The Morgan fingerprint density at radius 1 is 0.652 bits per heavy atom. The molecule has 14 heteroatoms. The number of carboxylic acids is 1. The van der Waals surface area contributed by atoms with Crippen LogP contribution in [-0.2, 0) is 33.5 Å². The number of carbonyl (C=O) groups is 6. The summed E-state index contributed by atoms with van der Waals surface area (Å²) in [5.41, 5.74) is 0.608. The van der Waals surface area contributed by atoms with Crippen molar-refractivity contribution in [3.8, 4) is 11.8 Å². The number of aromatic nitrogens is 1. The molecule has 0 spiro atoms. The molecule has 0 radical (unpaired) electrons. The molecule has 7 aliphatic rings. The molecule has 2 aliphatic heterocycles. The van der Waals surface area contributed by atoms with Gasteiger partial charge in [0, 0.05) is 18.0 Å². The second-order valence-electron chi connectivity index (χ2n) is 21.9. The van der Waals surface area contributed by atoms with Crippen LogP contribution in [0.2, 0.25) is 0 Å². The summed E-state index contributed by atoms with van der Waals surface area (Å²) in [6.45, 7) is -0.286. The van der Waals surface area contributed by atoms with E-state index >= 15 is 0 Å². The lowest BCUT2D eigenvalue weighted by Gasteiger charge is -2.37. The Labute approximate surface area is 410 Å². The van der Waals surface area contributed by atoms with Crippen LogP contribution in [0.3, 0.4) is 0 Å². The maximum Gasteiger partial charge on any atom is 0.326 e. The minimum Gasteiger partial charge on any atom is -0.480 e. The van der Waals surface area contributed by atoms with Gasteiger partial charge in [0.15, 0.2) is 6.04 Å². The van der Waals surface area contributed by atoms with E-state index in [4.69, 9.17) is 4.74 Å². The van der Waals surface area contributed by atoms with Crippen LogP contribution in [0, 0.1) is 47.3 Å². The lowest BCUT2D eigenvalue weighted by Crippen LogP contribution is -2.59. The molecule has 6 N–H and O–H groups in total. The maximum atomic E-state index is 14.9. The number of hydrogen-bond donors (Lipinski definition) is 6. The highest BCUT2D eigenvalue weighted by molar-refractivity contribution is 5.97. The average molecular weight is 955 g/mol. The molecule has 7 fully saturated rings. The van der Waals surface area contributed by atoms with Crippen molar-refractivity contribution in [1.82, 2.24) is 31.6 Å². The molecule has 1 aromatic rings. The fraction of sp³-hybridized carbons (Fsp3) is 0.764. The van der Waals surface area contributed by atoms with E-state index in [9.17, 15) is 33.9 Å². The van der Waals surface area contributed by atoms with Crippen molar-refractivity contribution in [1.29, 1.82) is 0 Å². The van der Waals surface area contributed by atoms with Crippen molar-refractivity contribution in [2.45, 2.75) is 223 Å². The normalized spacial score (nSPS) is 30.4. The summed E-state index contributed by atoms with van der Waals surface area (Å²) in [5.74, 6) is 4.61. The van der Waals surface area contributed by atoms with Gasteiger partial charge < -0.3 is 36.4 Å². The molecular formula is C55H82N6O8. The van der Waals surface area contributed by atoms with Gasteiger partial charge in [0.05, 0.1) is 6.10 Å². The van der Waals surface area contributed by atoms with Crippen molar-refractivity contribution in [2.24, 2.45) is 35.5 Å². The fourth-order valence-electron chi connectivity index (χ4n) is 12.7. The Bertz CT molecular complexity index is 1890. The number of aliphatic carboxylic acids is 1. The summed E-state index contributed by atoms with van der Waals surface area (Å²) in [5, 5.41) is 25.1. The average Bonchev–Trinajstić information content (AvgIpc) is 3.37. The van der Waals surface area contributed by atoms with E-state index in [0.29, 0.717) is 87.5 Å². The molecule has 0 aromatic carbocycles. The fourth-order valence-corrected chi connectivity index (χ4v) is 12.7. The Hall–Kier alpha value is -4.51. The number of carbonyl (C=O) groups excluding carboxylic acids is 5. The summed E-state index contributed by atoms with van der Waals surface area (Å²) in [6.07, 6.45) is 29.9. The third-order valence-electron chi connectivity index (χ3n) is 16.9. The quantitative estimate of drug-likeness (QED) is 0.0910. The highest BCUT2D eigenvalue weighted by Gasteiger charge is 2.37. The van der Waals surface area contributed by atoms with E-state index in [1.807, 2.05) is 0 Å². The summed E-state index contributed by atoms with van der Waals surface area (Å²) in [6, 6.07) is -2.04. The van der Waals surface area contributed by atoms with E-state index in [1.54, 1.807) is 24.5 Å². The first-order valence-corrected chi connectivity index (χ1v) is 27.3. The van der Waals surface area contributed by atoms with Crippen molar-refractivity contribution in [2.75, 3.05) is 6.61 Å². The van der Waals surface area contributed by atoms with Crippen molar-refractivity contribution in [3.63, 3.8) is 0 Å². The summed E-state index contributed by atoms with van der Waals surface area (Å²) in [4.78, 5) is 88.7. The lowest BCUT2D eigenvalue weighted by atomic mass is 9.70. The van der Waals surface area contributed by atoms with Crippen LogP contribution in [-0.4, -0.2) is 88.5 Å². The molecule has 5 atom stereocenters. The molecule has 1 aromatic heterocycles. The van der Waals surface area contributed by atoms with Gasteiger partial charge in [-0.05, 0) is 125 Å². The minimum absolute atomic E-state index is 0.0184. The topological polar surface area (TPSA) is 205 Å². The molecule has 5 saturated carbocycles. The summed E-state index contributed by atoms with van der Waals surface area (Å²) < 4.78 is 6.10.